The van der Waals surface area contributed by atoms with Crippen molar-refractivity contribution in [1.29, 1.82) is 0 Å². The van der Waals surface area contributed by atoms with Gasteiger partial charge in [-0.2, -0.15) is 0 Å². The molecule has 0 saturated heterocycles. The molecular weight excluding hydrogens is 246 g/mol. The molecule has 2 aromatic rings. The summed E-state index contributed by atoms with van der Waals surface area (Å²) in [5.41, 5.74) is 5.37. The topological polar surface area (TPSA) is 29.1 Å². The van der Waals surface area contributed by atoms with Gasteiger partial charge in [-0.25, -0.2) is 0 Å². The van der Waals surface area contributed by atoms with E-state index in [0.29, 0.717) is 0 Å². The monoisotopic (exact) mass is 265 g/mol. The second-order valence-electron chi connectivity index (χ2n) is 4.97. The minimum absolute atomic E-state index is 0.0531. The van der Waals surface area contributed by atoms with Crippen molar-refractivity contribution in [2.75, 3.05) is 5.32 Å². The molecule has 2 rings (SSSR count). The van der Waals surface area contributed by atoms with Gasteiger partial charge < -0.3 is 5.32 Å². The summed E-state index contributed by atoms with van der Waals surface area (Å²) in [6.07, 6.45) is 2.13. The summed E-state index contributed by atoms with van der Waals surface area (Å²) < 4.78 is 0. The van der Waals surface area contributed by atoms with Gasteiger partial charge >= 0.3 is 0 Å². The summed E-state index contributed by atoms with van der Waals surface area (Å²) >= 11 is 0. The number of benzene rings is 2. The van der Waals surface area contributed by atoms with Gasteiger partial charge in [0.15, 0.2) is 0 Å². The van der Waals surface area contributed by atoms with E-state index in [1.165, 1.54) is 12.5 Å². The fourth-order valence-corrected chi connectivity index (χ4v) is 2.16. The Hall–Kier alpha value is -2.35. The van der Waals surface area contributed by atoms with Crippen LogP contribution in [0.1, 0.15) is 30.5 Å². The fraction of sp³-hybridized carbons (Fsp3) is 0.167. The molecule has 0 unspecified atom stereocenters. The lowest BCUT2D eigenvalue weighted by molar-refractivity contribution is -0.114. The zero-order chi connectivity index (χ0) is 14.5. The van der Waals surface area contributed by atoms with Gasteiger partial charge in [-0.15, -0.1) is 0 Å². The highest BCUT2D eigenvalue weighted by atomic mass is 16.1. The summed E-state index contributed by atoms with van der Waals surface area (Å²) in [7, 11) is 0. The van der Waals surface area contributed by atoms with E-state index in [1.807, 2.05) is 30.3 Å². The van der Waals surface area contributed by atoms with E-state index in [1.54, 1.807) is 0 Å². The van der Waals surface area contributed by atoms with Crippen LogP contribution in [0.5, 0.6) is 0 Å². The number of hydrogen-bond donors (Lipinski definition) is 1. The molecule has 102 valence electrons. The van der Waals surface area contributed by atoms with Crippen LogP contribution < -0.4 is 5.32 Å². The third kappa shape index (κ3) is 3.58. The van der Waals surface area contributed by atoms with Crippen molar-refractivity contribution >= 4 is 23.2 Å². The van der Waals surface area contributed by atoms with Gasteiger partial charge in [-0.05, 0) is 37.1 Å². The lowest BCUT2D eigenvalue weighted by Gasteiger charge is -2.12. The number of hydrogen-bond acceptors (Lipinski definition) is 1. The Kier molecular flexibility index (Phi) is 4.36. The average molecular weight is 265 g/mol. The van der Waals surface area contributed by atoms with E-state index in [-0.39, 0.29) is 5.91 Å². The first-order chi connectivity index (χ1) is 9.56. The number of carbonyl (C=O) groups excluding carboxylic acids is 1. The molecule has 2 aromatic carbocycles. The molecule has 0 aliphatic rings. The molecular formula is C18H19NO. The van der Waals surface area contributed by atoms with Crippen LogP contribution in [0.15, 0.2) is 48.5 Å². The quantitative estimate of drug-likeness (QED) is 0.812. The number of nitrogens with one attached hydrogen (secondary N) is 1. The predicted octanol–water partition coefficient (Wildman–Crippen LogP) is 4.51. The van der Waals surface area contributed by atoms with Crippen LogP contribution in [-0.2, 0) is 4.79 Å². The molecule has 0 heterocycles. The molecule has 20 heavy (non-hydrogen) atoms. The minimum Gasteiger partial charge on any atom is -0.326 e. The maximum atomic E-state index is 11.3. The molecule has 2 nitrogen and oxygen atoms in total. The van der Waals surface area contributed by atoms with Crippen molar-refractivity contribution in [3.8, 4) is 0 Å². The van der Waals surface area contributed by atoms with Crippen LogP contribution in [0.3, 0.4) is 0 Å². The van der Waals surface area contributed by atoms with Crippen molar-refractivity contribution in [2.24, 2.45) is 0 Å². The summed E-state index contributed by atoms with van der Waals surface area (Å²) in [4.78, 5) is 11.3. The molecule has 1 amide bonds. The molecule has 0 atom stereocenters. The van der Waals surface area contributed by atoms with Crippen molar-refractivity contribution in [3.63, 3.8) is 0 Å². The van der Waals surface area contributed by atoms with Crippen molar-refractivity contribution in [3.05, 3.63) is 65.2 Å². The van der Waals surface area contributed by atoms with Crippen molar-refractivity contribution in [2.45, 2.75) is 20.8 Å². The van der Waals surface area contributed by atoms with Crippen LogP contribution in [0.2, 0.25) is 0 Å². The maximum absolute atomic E-state index is 11.3. The van der Waals surface area contributed by atoms with Crippen LogP contribution in [-0.4, -0.2) is 5.91 Å². The van der Waals surface area contributed by atoms with E-state index in [4.69, 9.17) is 0 Å². The molecule has 0 saturated carbocycles. The van der Waals surface area contributed by atoms with Gasteiger partial charge in [0.25, 0.3) is 0 Å². The highest BCUT2D eigenvalue weighted by molar-refractivity contribution is 5.94. The standard InChI is InChI=1S/C18H19NO/c1-13-9-10-18(19-15(3)20)17(11-13)14(2)12-16-7-5-4-6-8-16/h4-12H,1-3H3,(H,19,20). The number of rotatable bonds is 3. The third-order valence-corrected chi connectivity index (χ3v) is 3.09. The maximum Gasteiger partial charge on any atom is 0.221 e. The fourth-order valence-electron chi connectivity index (χ4n) is 2.16. The highest BCUT2D eigenvalue weighted by Gasteiger charge is 2.06. The Balaban J connectivity index is 2.42. The van der Waals surface area contributed by atoms with Crippen LogP contribution in [0, 0.1) is 6.92 Å². The predicted molar refractivity (Wildman–Crippen MR) is 85.5 cm³/mol. The second kappa shape index (κ2) is 6.20. The van der Waals surface area contributed by atoms with Crippen molar-refractivity contribution in [1.82, 2.24) is 0 Å². The zero-order valence-electron chi connectivity index (χ0n) is 12.1. The normalized spacial score (nSPS) is 11.2. The lowest BCUT2D eigenvalue weighted by atomic mass is 10.00. The molecule has 0 aliphatic carbocycles. The molecule has 2 heteroatoms. The van der Waals surface area contributed by atoms with Crippen LogP contribution >= 0.6 is 0 Å². The Morgan fingerprint density at radius 1 is 1.05 bits per heavy atom. The van der Waals surface area contributed by atoms with Gasteiger partial charge in [0, 0.05) is 18.2 Å². The third-order valence-electron chi connectivity index (χ3n) is 3.09. The highest BCUT2D eigenvalue weighted by Crippen LogP contribution is 2.26. The Labute approximate surface area is 120 Å². The molecule has 0 bridgehead atoms. The molecule has 1 N–H and O–H groups in total. The Morgan fingerprint density at radius 3 is 2.40 bits per heavy atom. The van der Waals surface area contributed by atoms with Gasteiger partial charge in [-0.1, -0.05) is 48.0 Å². The molecule has 0 aromatic heterocycles. The van der Waals surface area contributed by atoms with Crippen LogP contribution in [0.25, 0.3) is 11.6 Å². The summed E-state index contributed by atoms with van der Waals surface area (Å²) in [5.74, 6) is -0.0531. The number of allylic oxidation sites excluding steroid dienone is 1. The largest absolute Gasteiger partial charge is 0.326 e. The lowest BCUT2D eigenvalue weighted by Crippen LogP contribution is -2.07. The van der Waals surface area contributed by atoms with Crippen molar-refractivity contribution < 1.29 is 4.79 Å². The summed E-state index contributed by atoms with van der Waals surface area (Å²) in [6, 6.07) is 16.2. The number of anilines is 1. The second-order valence-corrected chi connectivity index (χ2v) is 4.97. The zero-order valence-corrected chi connectivity index (χ0v) is 12.1. The molecule has 0 spiro atoms. The van der Waals surface area contributed by atoms with Gasteiger partial charge in [0.05, 0.1) is 0 Å². The first-order valence-electron chi connectivity index (χ1n) is 6.68. The first kappa shape index (κ1) is 14.1. The average Bonchev–Trinajstić information content (AvgIpc) is 2.41. The summed E-state index contributed by atoms with van der Waals surface area (Å²) in [6.45, 7) is 5.64. The van der Waals surface area contributed by atoms with E-state index >= 15 is 0 Å². The molecule has 0 fully saturated rings. The van der Waals surface area contributed by atoms with Gasteiger partial charge in [0.2, 0.25) is 5.91 Å². The van der Waals surface area contributed by atoms with Gasteiger partial charge in [0.1, 0.15) is 0 Å². The Morgan fingerprint density at radius 2 is 1.75 bits per heavy atom. The van der Waals surface area contributed by atoms with E-state index in [0.717, 1.165) is 22.4 Å². The van der Waals surface area contributed by atoms with E-state index in [9.17, 15) is 4.79 Å². The van der Waals surface area contributed by atoms with Gasteiger partial charge in [-0.3, -0.25) is 4.79 Å². The first-order valence-corrected chi connectivity index (χ1v) is 6.68. The SMILES string of the molecule is CC(=O)Nc1ccc(C)cc1C(C)=Cc1ccccc1. The number of amides is 1. The number of carbonyl (C=O) groups is 1. The molecule has 0 radical (unpaired) electrons. The van der Waals surface area contributed by atoms with E-state index in [2.05, 4.69) is 43.4 Å². The van der Waals surface area contributed by atoms with Crippen LogP contribution in [0.4, 0.5) is 5.69 Å². The smallest absolute Gasteiger partial charge is 0.221 e. The molecule has 0 aliphatic heterocycles. The Bertz CT molecular complexity index is 642. The number of aryl methyl sites for hydroxylation is 1. The summed E-state index contributed by atoms with van der Waals surface area (Å²) in [5, 5.41) is 2.89. The minimum atomic E-state index is -0.0531. The van der Waals surface area contributed by atoms with E-state index < -0.39 is 0 Å².